The van der Waals surface area contributed by atoms with Crippen molar-refractivity contribution in [3.8, 4) is 11.1 Å². The lowest BCUT2D eigenvalue weighted by Gasteiger charge is -2.38. The number of piperidine rings is 1. The fourth-order valence-corrected chi connectivity index (χ4v) is 14.1. The van der Waals surface area contributed by atoms with Crippen molar-refractivity contribution < 1.29 is 47.3 Å². The zero-order valence-corrected chi connectivity index (χ0v) is 51.4. The number of carbonyl (C=O) groups excluding carboxylic acids is 5. The van der Waals surface area contributed by atoms with E-state index in [4.69, 9.17) is 41.3 Å². The summed E-state index contributed by atoms with van der Waals surface area (Å²) < 4.78 is 39.6. The average Bonchev–Trinajstić information content (AvgIpc) is 1.81. The lowest BCUT2D eigenvalue weighted by atomic mass is 9.79. The zero-order valence-electron chi connectivity index (χ0n) is 50.6. The number of nitrogen functional groups attached to an aromatic ring is 1. The van der Waals surface area contributed by atoms with E-state index in [2.05, 4.69) is 24.9 Å². The van der Waals surface area contributed by atoms with E-state index >= 15 is 0 Å². The van der Waals surface area contributed by atoms with Gasteiger partial charge in [0.05, 0.1) is 94.8 Å². The van der Waals surface area contributed by atoms with Crippen LogP contribution in [0, 0.1) is 31.1 Å². The number of aliphatic imine (C=N–C) groups is 1. The molecule has 2 aromatic carbocycles. The molecule has 22 heteroatoms. The third-order valence-corrected chi connectivity index (χ3v) is 19.2. The van der Waals surface area contributed by atoms with Gasteiger partial charge in [-0.15, -0.1) is 16.9 Å². The number of hydrogen-bond donors (Lipinski definition) is 2. The van der Waals surface area contributed by atoms with Crippen LogP contribution < -0.4 is 16.0 Å². The van der Waals surface area contributed by atoms with E-state index < -0.39 is 17.8 Å². The quantitative estimate of drug-likeness (QED) is 0.0298. The molecule has 466 valence electrons. The molecule has 87 heavy (non-hydrogen) atoms. The van der Waals surface area contributed by atoms with Crippen LogP contribution in [0.1, 0.15) is 128 Å². The average molecular weight is 1210 g/mol. The maximum Gasteiger partial charge on any atom is 0.260 e. The maximum atomic E-state index is 14.9. The number of likely N-dealkylation sites (tertiary alicyclic amines) is 2. The Hall–Kier alpha value is -6.45. The molecule has 0 spiro atoms. The maximum absolute atomic E-state index is 14.9. The minimum absolute atomic E-state index is 0.000397. The zero-order chi connectivity index (χ0) is 61.0. The molecule has 1 unspecified atom stereocenters. The van der Waals surface area contributed by atoms with Crippen LogP contribution in [0.15, 0.2) is 59.7 Å². The summed E-state index contributed by atoms with van der Waals surface area (Å²) in [6.07, 6.45) is 9.34. The second-order valence-electron chi connectivity index (χ2n) is 23.9. The van der Waals surface area contributed by atoms with Crippen LogP contribution in [0.5, 0.6) is 0 Å². The van der Waals surface area contributed by atoms with Gasteiger partial charge in [0, 0.05) is 79.5 Å². The molecule has 7 heterocycles. The fraction of sp³-hybridized carbons (Fsp3) is 0.585. The molecule has 4 aromatic rings. The summed E-state index contributed by atoms with van der Waals surface area (Å²) >= 11 is 1.59. The molecule has 10 rings (SSSR count). The van der Waals surface area contributed by atoms with Crippen molar-refractivity contribution in [1.82, 2.24) is 34.8 Å². The number of rotatable bonds is 29. The predicted molar refractivity (Wildman–Crippen MR) is 332 cm³/mol. The number of thioether (sulfide) groups is 1. The first-order chi connectivity index (χ1) is 42.3. The second-order valence-corrected chi connectivity index (χ2v) is 24.9. The molecule has 3 N–H and O–H groups in total. The van der Waals surface area contributed by atoms with Crippen molar-refractivity contribution in [3.05, 3.63) is 99.9 Å². The number of fused-ring (bicyclic) bond motifs is 8. The molecule has 2 amide bonds. The Balaban J connectivity index is 0.598. The van der Waals surface area contributed by atoms with Gasteiger partial charge in [0.25, 0.3) is 11.7 Å². The summed E-state index contributed by atoms with van der Waals surface area (Å²) in [7, 11) is 1.77. The summed E-state index contributed by atoms with van der Waals surface area (Å²) in [4.78, 5) is 90.5. The Kier molecular flexibility index (Phi) is 22.0. The van der Waals surface area contributed by atoms with Crippen molar-refractivity contribution in [2.75, 3.05) is 109 Å². The minimum atomic E-state index is -0.460. The van der Waals surface area contributed by atoms with E-state index in [-0.39, 0.29) is 91.7 Å². The number of amides is 2. The van der Waals surface area contributed by atoms with Gasteiger partial charge in [0.15, 0.2) is 5.78 Å². The Morgan fingerprint density at radius 2 is 1.54 bits per heavy atom. The van der Waals surface area contributed by atoms with Gasteiger partial charge >= 0.3 is 0 Å². The van der Waals surface area contributed by atoms with E-state index in [1.165, 1.54) is 12.1 Å². The number of nitrogens with two attached hydrogens (primary N) is 1. The number of aromatic nitrogens is 3. The van der Waals surface area contributed by atoms with Crippen molar-refractivity contribution in [3.63, 3.8) is 0 Å². The van der Waals surface area contributed by atoms with Gasteiger partial charge in [0.2, 0.25) is 5.91 Å². The van der Waals surface area contributed by atoms with Gasteiger partial charge in [-0.3, -0.25) is 29.0 Å². The molecule has 6 aliphatic rings. The van der Waals surface area contributed by atoms with E-state index in [1.807, 2.05) is 54.0 Å². The Bertz CT molecular complexity index is 3160. The number of halogens is 1. The van der Waals surface area contributed by atoms with E-state index in [1.54, 1.807) is 35.8 Å². The molecule has 3 saturated heterocycles. The highest BCUT2D eigenvalue weighted by atomic mass is 32.2. The van der Waals surface area contributed by atoms with E-state index in [0.717, 1.165) is 81.6 Å². The lowest BCUT2D eigenvalue weighted by Crippen LogP contribution is -2.48. The highest BCUT2D eigenvalue weighted by Gasteiger charge is 2.44. The molecule has 1 aliphatic carbocycles. The lowest BCUT2D eigenvalue weighted by molar-refractivity contribution is -0.141. The number of anilines is 2. The standard InChI is InChI=1S/C65H84FN11O9S/c1-42-11-13-45(14-12-42)60(80)54-41-87-63(71-54)56-10-7-23-75(56)65(82)51(38-58(79)43(2)68-3)44-19-25-73(26-20-44)27-29-84-31-33-86-35-34-85-32-30-83-28-21-49(78)8-5-24-77-62(69-4)59-46-36-57(61(67)70-39-46)74-22-6-9-55(74)52-37-47(66)15-18-50(52)64(81)76(48-16-17-48)40-53(59)72-77/h11-15,18,36-37,39,43-44,48,51,54-56,68H,5-10,16-17,19-35,38,40-41H2,1-3H3,(H2,67,70)/t43-,51-,54?,55-,56-/m1/s1. The number of nitrogens with one attached hydrogen (secondary N) is 1. The van der Waals surface area contributed by atoms with Gasteiger partial charge in [-0.2, -0.15) is 4.68 Å². The molecule has 20 nitrogen and oxygen atoms in total. The van der Waals surface area contributed by atoms with Crippen molar-refractivity contribution in [2.45, 2.75) is 134 Å². The number of likely N-dealkylation sites (N-methyl/N-ethyl adjacent to an activating group) is 1. The van der Waals surface area contributed by atoms with Crippen molar-refractivity contribution in [1.29, 1.82) is 0 Å². The second kappa shape index (κ2) is 30.2. The Morgan fingerprint density at radius 1 is 0.839 bits per heavy atom. The molecule has 2 bridgehead atoms. The predicted octanol–water partition coefficient (Wildman–Crippen LogP) is 8.07. The van der Waals surface area contributed by atoms with Gasteiger partial charge in [-0.1, -0.05) is 36.4 Å². The number of nitrogens with zero attached hydrogens (tertiary/aromatic N) is 9. The number of aryl methyl sites for hydroxylation is 2. The number of carbonyl (C=O) groups is 5. The Morgan fingerprint density at radius 3 is 2.25 bits per heavy atom. The molecule has 5 aliphatic heterocycles. The third-order valence-electron chi connectivity index (χ3n) is 18.0. The summed E-state index contributed by atoms with van der Waals surface area (Å²) in [6, 6.07) is 12.7. The van der Waals surface area contributed by atoms with Gasteiger partial charge in [-0.05, 0) is 133 Å². The number of ether oxygens (including phenoxy) is 4. The van der Waals surface area contributed by atoms with Gasteiger partial charge < -0.3 is 54.4 Å². The molecule has 0 radical (unpaired) electrons. The minimum Gasteiger partial charge on any atom is -0.382 e. The monoisotopic (exact) mass is 1210 g/mol. The van der Waals surface area contributed by atoms with Gasteiger partial charge in [0.1, 0.15) is 34.9 Å². The number of pyridine rings is 1. The highest BCUT2D eigenvalue weighted by Crippen LogP contribution is 2.45. The first kappa shape index (κ1) is 63.6. The highest BCUT2D eigenvalue weighted by molar-refractivity contribution is 8.14. The summed E-state index contributed by atoms with van der Waals surface area (Å²) in [6.45, 7) is 19.5. The smallest absolute Gasteiger partial charge is 0.260 e. The number of Topliss-reactive ketones (excluding diaryl/α,β-unsaturated/α-hetero) is 3. The molecular weight excluding hydrogens is 1130 g/mol. The molecular formula is C65H84FN11O9S. The van der Waals surface area contributed by atoms with Crippen LogP contribution in [0.2, 0.25) is 0 Å². The molecule has 2 aromatic heterocycles. The summed E-state index contributed by atoms with van der Waals surface area (Å²) in [5.41, 5.74) is 11.8. The largest absolute Gasteiger partial charge is 0.382 e. The number of hydrogen-bond acceptors (Lipinski definition) is 17. The molecule has 4 fully saturated rings. The fourth-order valence-electron chi connectivity index (χ4n) is 12.9. The first-order valence-corrected chi connectivity index (χ1v) is 32.3. The number of ketones is 3. The van der Waals surface area contributed by atoms with Gasteiger partial charge in [-0.25, -0.2) is 9.37 Å². The van der Waals surface area contributed by atoms with E-state index in [9.17, 15) is 28.4 Å². The number of benzene rings is 2. The SMILES string of the molecule is [C-]#[N+]c1c2c(nn1CCCC(=O)CCOCCOCCOCCOCCN1CCC([C@@H](CC(=O)[C@@H](C)NC)C(=O)N3CCC[C@@H]3C3=NC(C(=O)c4ccc(C)cc4)CS3)CC1)CN(C1CC1)C(=O)c1ccc(F)cc1[C@H]1CCCN1c1cc-2cnc1N. The van der Waals surface area contributed by atoms with Crippen LogP contribution in [0.3, 0.4) is 0 Å². The van der Waals surface area contributed by atoms with Crippen LogP contribution in [0.25, 0.3) is 16.0 Å². The summed E-state index contributed by atoms with van der Waals surface area (Å²) in [5, 5.41) is 8.87. The van der Waals surface area contributed by atoms with Crippen LogP contribution in [-0.2, 0) is 46.4 Å². The van der Waals surface area contributed by atoms with Crippen LogP contribution in [0.4, 0.5) is 21.7 Å². The van der Waals surface area contributed by atoms with Crippen molar-refractivity contribution >= 4 is 63.3 Å². The summed E-state index contributed by atoms with van der Waals surface area (Å²) in [5.74, 6) is 0.372. The third kappa shape index (κ3) is 15.7. The Labute approximate surface area is 514 Å². The van der Waals surface area contributed by atoms with Crippen molar-refractivity contribution in [2.24, 2.45) is 16.8 Å². The van der Waals surface area contributed by atoms with E-state index in [0.29, 0.717) is 129 Å². The first-order valence-electron chi connectivity index (χ1n) is 31.3. The normalized spacial score (nSPS) is 20.5. The van der Waals surface area contributed by atoms with Crippen LogP contribution in [-0.4, -0.2) is 186 Å². The molecule has 5 atom stereocenters. The topological polar surface area (TPSA) is 221 Å². The van der Waals surface area contributed by atoms with Crippen LogP contribution >= 0.6 is 11.8 Å². The molecule has 1 saturated carbocycles.